The third-order valence-electron chi connectivity index (χ3n) is 3.65. The summed E-state index contributed by atoms with van der Waals surface area (Å²) >= 11 is 6.07. The first-order chi connectivity index (χ1) is 12.4. The second-order valence-corrected chi connectivity index (χ2v) is 7.62. The lowest BCUT2D eigenvalue weighted by Gasteiger charge is -2.13. The van der Waals surface area contributed by atoms with Crippen LogP contribution in [0.2, 0.25) is 5.02 Å². The minimum absolute atomic E-state index is 0.0255. The van der Waals surface area contributed by atoms with Gasteiger partial charge in [0.25, 0.3) is 15.9 Å². The fraction of sp³-hybridized carbons (Fsp3) is 0.278. The number of hydrogen-bond donors (Lipinski definition) is 2. The van der Waals surface area contributed by atoms with Crippen molar-refractivity contribution < 1.29 is 17.9 Å². The van der Waals surface area contributed by atoms with E-state index in [1.807, 2.05) is 6.92 Å². The molecule has 0 bridgehead atoms. The van der Waals surface area contributed by atoms with Crippen LogP contribution in [0.25, 0.3) is 0 Å². The van der Waals surface area contributed by atoms with E-state index in [4.69, 9.17) is 16.3 Å². The lowest BCUT2D eigenvalue weighted by Crippen LogP contribution is -2.24. The van der Waals surface area contributed by atoms with E-state index in [1.165, 1.54) is 25.3 Å². The third-order valence-corrected chi connectivity index (χ3v) is 5.50. The number of ether oxygens (including phenoxy) is 1. The fourth-order valence-electron chi connectivity index (χ4n) is 2.26. The number of carbonyl (C=O) groups is 1. The summed E-state index contributed by atoms with van der Waals surface area (Å²) in [7, 11) is -2.55. The number of methoxy groups -OCH3 is 1. The van der Waals surface area contributed by atoms with E-state index < -0.39 is 10.0 Å². The second-order valence-electron chi connectivity index (χ2n) is 5.56. The lowest BCUT2D eigenvalue weighted by molar-refractivity contribution is 0.0953. The molecule has 8 heteroatoms. The van der Waals surface area contributed by atoms with Crippen molar-refractivity contribution in [1.82, 2.24) is 5.32 Å². The number of anilines is 1. The Morgan fingerprint density at radius 3 is 2.62 bits per heavy atom. The van der Waals surface area contributed by atoms with Crippen molar-refractivity contribution >= 4 is 33.2 Å². The summed E-state index contributed by atoms with van der Waals surface area (Å²) < 4.78 is 33.1. The van der Waals surface area contributed by atoms with Crippen molar-refractivity contribution in [3.05, 3.63) is 53.1 Å². The van der Waals surface area contributed by atoms with Gasteiger partial charge in [-0.2, -0.15) is 0 Å². The van der Waals surface area contributed by atoms with Crippen LogP contribution >= 0.6 is 11.6 Å². The monoisotopic (exact) mass is 396 g/mol. The molecule has 2 rings (SSSR count). The highest BCUT2D eigenvalue weighted by Gasteiger charge is 2.21. The molecule has 6 nitrogen and oxygen atoms in total. The zero-order chi connectivity index (χ0) is 19.2. The summed E-state index contributed by atoms with van der Waals surface area (Å²) in [6.07, 6.45) is 1.79. The molecule has 0 heterocycles. The first-order valence-electron chi connectivity index (χ1n) is 8.12. The van der Waals surface area contributed by atoms with E-state index in [9.17, 15) is 13.2 Å². The minimum atomic E-state index is -4.00. The van der Waals surface area contributed by atoms with Gasteiger partial charge in [-0.05, 0) is 36.8 Å². The van der Waals surface area contributed by atoms with Crippen LogP contribution in [-0.2, 0) is 10.0 Å². The Balaban J connectivity index is 2.31. The highest BCUT2D eigenvalue weighted by molar-refractivity contribution is 7.92. The summed E-state index contributed by atoms with van der Waals surface area (Å²) in [4.78, 5) is 12.0. The molecule has 0 fully saturated rings. The van der Waals surface area contributed by atoms with Gasteiger partial charge in [-0.1, -0.05) is 37.1 Å². The molecule has 0 aliphatic heterocycles. The molecule has 2 N–H and O–H groups in total. The van der Waals surface area contributed by atoms with Crippen molar-refractivity contribution in [3.63, 3.8) is 0 Å². The molecule has 0 saturated heterocycles. The van der Waals surface area contributed by atoms with Crippen molar-refractivity contribution in [2.45, 2.75) is 24.7 Å². The average Bonchev–Trinajstić information content (AvgIpc) is 2.62. The summed E-state index contributed by atoms with van der Waals surface area (Å²) in [5, 5.41) is 2.77. The first kappa shape index (κ1) is 20.1. The molecule has 0 aliphatic rings. The van der Waals surface area contributed by atoms with Gasteiger partial charge < -0.3 is 10.1 Å². The van der Waals surface area contributed by atoms with Gasteiger partial charge in [-0.25, -0.2) is 8.42 Å². The Hall–Kier alpha value is -2.25. The maximum absolute atomic E-state index is 12.7. The smallest absolute Gasteiger partial charge is 0.263 e. The Bertz CT molecular complexity index is 885. The normalized spacial score (nSPS) is 11.0. The van der Waals surface area contributed by atoms with Crippen LogP contribution in [0.1, 0.15) is 30.1 Å². The van der Waals surface area contributed by atoms with E-state index in [2.05, 4.69) is 10.0 Å². The first-order valence-corrected chi connectivity index (χ1v) is 9.98. The van der Waals surface area contributed by atoms with Gasteiger partial charge in [-0.15, -0.1) is 0 Å². The van der Waals surface area contributed by atoms with Gasteiger partial charge in [0.15, 0.2) is 0 Å². The van der Waals surface area contributed by atoms with E-state index in [0.29, 0.717) is 12.3 Å². The SMILES string of the molecule is CCCCNC(=O)c1ccc(Cl)c(S(=O)(=O)Nc2ccccc2OC)c1. The summed E-state index contributed by atoms with van der Waals surface area (Å²) in [6.45, 7) is 2.54. The van der Waals surface area contributed by atoms with Crippen LogP contribution < -0.4 is 14.8 Å². The highest BCUT2D eigenvalue weighted by atomic mass is 35.5. The quantitative estimate of drug-likeness (QED) is 0.666. The van der Waals surface area contributed by atoms with Crippen LogP contribution in [0.3, 0.4) is 0 Å². The van der Waals surface area contributed by atoms with Gasteiger partial charge in [0.1, 0.15) is 10.6 Å². The van der Waals surface area contributed by atoms with E-state index in [0.717, 1.165) is 12.8 Å². The fourth-order valence-corrected chi connectivity index (χ4v) is 3.86. The van der Waals surface area contributed by atoms with E-state index in [1.54, 1.807) is 24.3 Å². The molecule has 0 aliphatic carbocycles. The van der Waals surface area contributed by atoms with Gasteiger partial charge in [0.05, 0.1) is 17.8 Å². The summed E-state index contributed by atoms with van der Waals surface area (Å²) in [5.74, 6) is 0.0320. The maximum atomic E-state index is 12.7. The molecular formula is C18H21ClN2O4S. The summed E-state index contributed by atoms with van der Waals surface area (Å²) in [6, 6.07) is 10.8. The number of para-hydroxylation sites is 2. The van der Waals surface area contributed by atoms with Crippen molar-refractivity contribution in [2.24, 2.45) is 0 Å². The van der Waals surface area contributed by atoms with Gasteiger partial charge in [0, 0.05) is 12.1 Å². The number of nitrogens with one attached hydrogen (secondary N) is 2. The Morgan fingerprint density at radius 2 is 1.92 bits per heavy atom. The van der Waals surface area contributed by atoms with Gasteiger partial charge >= 0.3 is 0 Å². The number of sulfonamides is 1. The van der Waals surface area contributed by atoms with Crippen molar-refractivity contribution in [3.8, 4) is 5.75 Å². The molecule has 0 spiro atoms. The molecule has 2 aromatic rings. The Labute approximate surface area is 158 Å². The zero-order valence-electron chi connectivity index (χ0n) is 14.6. The van der Waals surface area contributed by atoms with Crippen LogP contribution in [0.4, 0.5) is 5.69 Å². The third kappa shape index (κ3) is 4.89. The number of carbonyl (C=O) groups excluding carboxylic acids is 1. The topological polar surface area (TPSA) is 84.5 Å². The Morgan fingerprint density at radius 1 is 1.19 bits per heavy atom. The molecule has 0 radical (unpaired) electrons. The predicted octanol–water partition coefficient (Wildman–Crippen LogP) is 3.68. The minimum Gasteiger partial charge on any atom is -0.495 e. The molecule has 140 valence electrons. The van der Waals surface area contributed by atoms with Gasteiger partial charge in [-0.3, -0.25) is 9.52 Å². The molecule has 0 saturated carbocycles. The molecule has 2 aromatic carbocycles. The lowest BCUT2D eigenvalue weighted by atomic mass is 10.2. The van der Waals surface area contributed by atoms with E-state index in [-0.39, 0.29) is 27.1 Å². The number of unbranched alkanes of at least 4 members (excludes halogenated alkanes) is 1. The van der Waals surface area contributed by atoms with E-state index >= 15 is 0 Å². The second kappa shape index (κ2) is 8.91. The number of halogens is 1. The van der Waals surface area contributed by atoms with Crippen LogP contribution in [-0.4, -0.2) is 28.0 Å². The van der Waals surface area contributed by atoms with Crippen molar-refractivity contribution in [2.75, 3.05) is 18.4 Å². The van der Waals surface area contributed by atoms with Crippen LogP contribution in [0.5, 0.6) is 5.75 Å². The predicted molar refractivity (Wildman–Crippen MR) is 102 cm³/mol. The largest absolute Gasteiger partial charge is 0.495 e. The van der Waals surface area contributed by atoms with Crippen LogP contribution in [0, 0.1) is 0 Å². The number of benzene rings is 2. The molecular weight excluding hydrogens is 376 g/mol. The number of hydrogen-bond acceptors (Lipinski definition) is 4. The van der Waals surface area contributed by atoms with Gasteiger partial charge in [0.2, 0.25) is 0 Å². The highest BCUT2D eigenvalue weighted by Crippen LogP contribution is 2.29. The standard InChI is InChI=1S/C18H21ClN2O4S/c1-3-4-11-20-18(22)13-9-10-14(19)17(12-13)26(23,24)21-15-7-5-6-8-16(15)25-2/h5-10,12,21H,3-4,11H2,1-2H3,(H,20,22). The number of rotatable bonds is 8. The zero-order valence-corrected chi connectivity index (χ0v) is 16.2. The Kier molecular flexibility index (Phi) is 6.88. The number of amides is 1. The molecule has 0 atom stereocenters. The average molecular weight is 397 g/mol. The molecule has 1 amide bonds. The van der Waals surface area contributed by atoms with Crippen LogP contribution in [0.15, 0.2) is 47.4 Å². The maximum Gasteiger partial charge on any atom is 0.263 e. The summed E-state index contributed by atoms with van der Waals surface area (Å²) in [5.41, 5.74) is 0.509. The van der Waals surface area contributed by atoms with Crippen molar-refractivity contribution in [1.29, 1.82) is 0 Å². The molecule has 0 unspecified atom stereocenters. The molecule has 26 heavy (non-hydrogen) atoms. The molecule has 0 aromatic heterocycles.